The van der Waals surface area contributed by atoms with Crippen LogP contribution in [-0.2, 0) is 13.6 Å². The summed E-state index contributed by atoms with van der Waals surface area (Å²) in [5.74, 6) is 0.774. The molecule has 1 unspecified atom stereocenters. The molecule has 0 aliphatic heterocycles. The normalized spacial score (nSPS) is 13.4. The summed E-state index contributed by atoms with van der Waals surface area (Å²) in [6.45, 7) is 11.0. The molecule has 0 fully saturated rings. The van der Waals surface area contributed by atoms with Crippen LogP contribution in [0.4, 0.5) is 0 Å². The van der Waals surface area contributed by atoms with Gasteiger partial charge in [0.25, 0.3) is 0 Å². The Kier molecular flexibility index (Phi) is 6.77. The van der Waals surface area contributed by atoms with Crippen molar-refractivity contribution in [2.24, 2.45) is 13.0 Å². The summed E-state index contributed by atoms with van der Waals surface area (Å²) >= 11 is 0. The zero-order valence-electron chi connectivity index (χ0n) is 14.5. The summed E-state index contributed by atoms with van der Waals surface area (Å²) < 4.78 is 2.27. The van der Waals surface area contributed by atoms with Crippen LogP contribution in [0.3, 0.4) is 0 Å². The molecule has 20 heavy (non-hydrogen) atoms. The number of nitrogens with one attached hydrogen (secondary N) is 1. The van der Waals surface area contributed by atoms with E-state index in [1.807, 2.05) is 0 Å². The molecule has 1 atom stereocenters. The Morgan fingerprint density at radius 1 is 1.20 bits per heavy atom. The lowest BCUT2D eigenvalue weighted by atomic mass is 9.93. The highest BCUT2D eigenvalue weighted by molar-refractivity contribution is 5.26. The quantitative estimate of drug-likeness (QED) is 0.789. The molecule has 3 nitrogen and oxygen atoms in total. The summed E-state index contributed by atoms with van der Waals surface area (Å²) in [6.07, 6.45) is 2.51. The van der Waals surface area contributed by atoms with Crippen molar-refractivity contribution in [2.75, 3.05) is 20.6 Å². The monoisotopic (exact) mass is 279 g/mol. The Hall–Kier alpha value is -0.800. The highest BCUT2D eigenvalue weighted by Crippen LogP contribution is 2.17. The van der Waals surface area contributed by atoms with Crippen molar-refractivity contribution in [1.82, 2.24) is 14.8 Å². The Labute approximate surface area is 125 Å². The molecule has 1 aromatic rings. The lowest BCUT2D eigenvalue weighted by molar-refractivity contribution is 0.194. The number of hydrogen-bond donors (Lipinski definition) is 1. The first-order valence-corrected chi connectivity index (χ1v) is 7.91. The minimum absolute atomic E-state index is 0.620. The Morgan fingerprint density at radius 2 is 1.80 bits per heavy atom. The van der Waals surface area contributed by atoms with Gasteiger partial charge >= 0.3 is 0 Å². The molecular weight excluding hydrogens is 246 g/mol. The molecule has 116 valence electrons. The molecule has 0 bridgehead atoms. The first kappa shape index (κ1) is 17.3. The van der Waals surface area contributed by atoms with E-state index in [9.17, 15) is 0 Å². The van der Waals surface area contributed by atoms with Gasteiger partial charge in [-0.05, 0) is 45.5 Å². The van der Waals surface area contributed by atoms with Gasteiger partial charge in [0.15, 0.2) is 0 Å². The highest BCUT2D eigenvalue weighted by Gasteiger charge is 2.20. The third kappa shape index (κ3) is 4.10. The molecule has 0 saturated heterocycles. The minimum atomic E-state index is 0.620. The number of aryl methyl sites for hydroxylation is 1. The molecule has 0 aromatic carbocycles. The maximum absolute atomic E-state index is 3.66. The molecular formula is C17H33N3. The number of hydrogen-bond acceptors (Lipinski definition) is 2. The van der Waals surface area contributed by atoms with Crippen molar-refractivity contribution < 1.29 is 0 Å². The van der Waals surface area contributed by atoms with Crippen molar-refractivity contribution in [1.29, 1.82) is 0 Å². The summed E-state index contributed by atoms with van der Waals surface area (Å²) in [4.78, 5) is 2.37. The largest absolute Gasteiger partial charge is 0.352 e. The van der Waals surface area contributed by atoms with Gasteiger partial charge in [0.2, 0.25) is 0 Å². The Balaban J connectivity index is 2.58. The van der Waals surface area contributed by atoms with Gasteiger partial charge in [-0.3, -0.25) is 0 Å². The molecule has 1 rings (SSSR count). The molecule has 0 aliphatic rings. The minimum Gasteiger partial charge on any atom is -0.352 e. The molecule has 0 radical (unpaired) electrons. The predicted molar refractivity (Wildman–Crippen MR) is 88.1 cm³/mol. The average molecular weight is 279 g/mol. The van der Waals surface area contributed by atoms with Crippen LogP contribution < -0.4 is 5.32 Å². The van der Waals surface area contributed by atoms with E-state index in [1.165, 1.54) is 29.8 Å². The van der Waals surface area contributed by atoms with E-state index in [-0.39, 0.29) is 0 Å². The average Bonchev–Trinajstić information content (AvgIpc) is 2.65. The van der Waals surface area contributed by atoms with E-state index in [4.69, 9.17) is 0 Å². The summed E-state index contributed by atoms with van der Waals surface area (Å²) in [5, 5.41) is 3.66. The predicted octanol–water partition coefficient (Wildman–Crippen LogP) is 3.10. The van der Waals surface area contributed by atoms with E-state index in [0.29, 0.717) is 6.04 Å². The number of likely N-dealkylation sites (N-methyl/N-ethyl adjacent to an activating group) is 1. The lowest BCUT2D eigenvalue weighted by Gasteiger charge is -2.31. The van der Waals surface area contributed by atoms with E-state index in [2.05, 4.69) is 69.7 Å². The van der Waals surface area contributed by atoms with Crippen LogP contribution in [0.1, 0.15) is 43.6 Å². The first-order chi connectivity index (χ1) is 9.42. The van der Waals surface area contributed by atoms with Gasteiger partial charge in [-0.25, -0.2) is 0 Å². The molecule has 1 N–H and O–H groups in total. The van der Waals surface area contributed by atoms with Crippen LogP contribution >= 0.6 is 0 Å². The van der Waals surface area contributed by atoms with Crippen molar-refractivity contribution >= 4 is 0 Å². The lowest BCUT2D eigenvalue weighted by Crippen LogP contribution is -2.42. The second kappa shape index (κ2) is 7.84. The molecule has 0 spiro atoms. The molecule has 0 saturated carbocycles. The molecule has 0 amide bonds. The fraction of sp³-hybridized carbons (Fsp3) is 0.765. The fourth-order valence-corrected chi connectivity index (χ4v) is 3.07. The smallest absolute Gasteiger partial charge is 0.0242 e. The van der Waals surface area contributed by atoms with E-state index < -0.39 is 0 Å². The number of rotatable bonds is 8. The van der Waals surface area contributed by atoms with Crippen LogP contribution in [0.25, 0.3) is 0 Å². The summed E-state index contributed by atoms with van der Waals surface area (Å²) in [6, 6.07) is 2.92. The van der Waals surface area contributed by atoms with Gasteiger partial charge in [-0.15, -0.1) is 0 Å². The van der Waals surface area contributed by atoms with Crippen LogP contribution in [0, 0.1) is 19.8 Å². The molecule has 3 heteroatoms. The third-order valence-corrected chi connectivity index (χ3v) is 4.81. The molecule has 1 heterocycles. The van der Waals surface area contributed by atoms with E-state index in [0.717, 1.165) is 19.0 Å². The van der Waals surface area contributed by atoms with Crippen molar-refractivity contribution in [3.63, 3.8) is 0 Å². The SMILES string of the molecule is CCC(CC)C(CNCc1cc(C)n(C)c1C)N(C)C. The fourth-order valence-electron chi connectivity index (χ4n) is 3.07. The maximum atomic E-state index is 3.66. The second-order valence-electron chi connectivity index (χ2n) is 6.19. The highest BCUT2D eigenvalue weighted by atomic mass is 15.1. The van der Waals surface area contributed by atoms with Crippen molar-refractivity contribution in [3.05, 3.63) is 23.0 Å². The van der Waals surface area contributed by atoms with Gasteiger partial charge in [0.1, 0.15) is 0 Å². The molecule has 0 aliphatic carbocycles. The van der Waals surface area contributed by atoms with Gasteiger partial charge in [-0.1, -0.05) is 26.7 Å². The standard InChI is InChI=1S/C17H33N3/c1-8-15(9-2)17(19(5)6)12-18-11-16-10-13(3)20(7)14(16)4/h10,15,17-18H,8-9,11-12H2,1-7H3. The topological polar surface area (TPSA) is 20.2 Å². The van der Waals surface area contributed by atoms with Crippen LogP contribution in [0.15, 0.2) is 6.07 Å². The Morgan fingerprint density at radius 3 is 2.20 bits per heavy atom. The number of aromatic nitrogens is 1. The van der Waals surface area contributed by atoms with Crippen LogP contribution in [0.2, 0.25) is 0 Å². The van der Waals surface area contributed by atoms with Gasteiger partial charge in [0.05, 0.1) is 0 Å². The summed E-state index contributed by atoms with van der Waals surface area (Å²) in [5.41, 5.74) is 4.13. The van der Waals surface area contributed by atoms with E-state index >= 15 is 0 Å². The zero-order chi connectivity index (χ0) is 15.3. The van der Waals surface area contributed by atoms with Crippen molar-refractivity contribution in [2.45, 2.75) is 53.1 Å². The van der Waals surface area contributed by atoms with E-state index in [1.54, 1.807) is 0 Å². The van der Waals surface area contributed by atoms with Crippen LogP contribution in [-0.4, -0.2) is 36.1 Å². The Bertz CT molecular complexity index is 403. The summed E-state index contributed by atoms with van der Waals surface area (Å²) in [7, 11) is 6.53. The van der Waals surface area contributed by atoms with Gasteiger partial charge in [-0.2, -0.15) is 0 Å². The first-order valence-electron chi connectivity index (χ1n) is 7.91. The number of nitrogens with zero attached hydrogens (tertiary/aromatic N) is 2. The zero-order valence-corrected chi connectivity index (χ0v) is 14.5. The van der Waals surface area contributed by atoms with Gasteiger partial charge < -0.3 is 14.8 Å². The second-order valence-corrected chi connectivity index (χ2v) is 6.19. The van der Waals surface area contributed by atoms with Crippen molar-refractivity contribution in [3.8, 4) is 0 Å². The van der Waals surface area contributed by atoms with Crippen LogP contribution in [0.5, 0.6) is 0 Å². The maximum Gasteiger partial charge on any atom is 0.0242 e. The molecule has 1 aromatic heterocycles. The van der Waals surface area contributed by atoms with Gasteiger partial charge in [0, 0.05) is 37.6 Å². The third-order valence-electron chi connectivity index (χ3n) is 4.81.